The van der Waals surface area contributed by atoms with Crippen LogP contribution < -0.4 is 5.73 Å². The average molecular weight is 299 g/mol. The van der Waals surface area contributed by atoms with Gasteiger partial charge >= 0.3 is 0 Å². The summed E-state index contributed by atoms with van der Waals surface area (Å²) in [6, 6.07) is 7.95. The summed E-state index contributed by atoms with van der Waals surface area (Å²) >= 11 is 0. The van der Waals surface area contributed by atoms with E-state index in [1.807, 2.05) is 24.3 Å². The molecule has 4 heteroatoms. The zero-order chi connectivity index (χ0) is 13.5. The molecule has 3 N–H and O–H groups in total. The standard InChI is InChI=1S/C16H26N2O.ClH/c17-15-7-4-14(5-8-15)6-9-16(19)10-13-18-11-2-1-3-12-18;/h4-5,7-8,16,19H,1-3,6,9-13,17H2;1H. The molecule has 1 fully saturated rings. The van der Waals surface area contributed by atoms with Crippen molar-refractivity contribution in [2.45, 2.75) is 44.6 Å². The van der Waals surface area contributed by atoms with Crippen LogP contribution in [0.4, 0.5) is 5.69 Å². The number of aliphatic hydroxyl groups excluding tert-OH is 1. The van der Waals surface area contributed by atoms with E-state index < -0.39 is 0 Å². The highest BCUT2D eigenvalue weighted by atomic mass is 35.5. The fraction of sp³-hybridized carbons (Fsp3) is 0.625. The third kappa shape index (κ3) is 6.12. The van der Waals surface area contributed by atoms with Gasteiger partial charge < -0.3 is 15.7 Å². The molecule has 1 atom stereocenters. The average Bonchev–Trinajstić information content (AvgIpc) is 2.45. The van der Waals surface area contributed by atoms with E-state index in [-0.39, 0.29) is 18.5 Å². The molecule has 0 saturated carbocycles. The molecule has 0 spiro atoms. The minimum absolute atomic E-state index is 0. The summed E-state index contributed by atoms with van der Waals surface area (Å²) in [5.41, 5.74) is 7.71. The highest BCUT2D eigenvalue weighted by Crippen LogP contribution is 2.13. The summed E-state index contributed by atoms with van der Waals surface area (Å²) in [5, 5.41) is 10.0. The van der Waals surface area contributed by atoms with Crippen molar-refractivity contribution in [2.24, 2.45) is 0 Å². The Balaban J connectivity index is 0.00000200. The first-order chi connectivity index (χ1) is 9.24. The minimum atomic E-state index is -0.181. The van der Waals surface area contributed by atoms with Crippen molar-refractivity contribution in [2.75, 3.05) is 25.4 Å². The molecule has 1 aromatic carbocycles. The summed E-state index contributed by atoms with van der Waals surface area (Å²) in [5.74, 6) is 0. The summed E-state index contributed by atoms with van der Waals surface area (Å²) in [4.78, 5) is 2.48. The zero-order valence-electron chi connectivity index (χ0n) is 12.1. The van der Waals surface area contributed by atoms with E-state index in [0.29, 0.717) is 0 Å². The molecule has 1 aliphatic rings. The Kier molecular flexibility index (Phi) is 7.97. The molecule has 114 valence electrons. The first-order valence-electron chi connectivity index (χ1n) is 7.49. The molecule has 20 heavy (non-hydrogen) atoms. The molecule has 1 aliphatic heterocycles. The van der Waals surface area contributed by atoms with Gasteiger partial charge in [0.25, 0.3) is 0 Å². The topological polar surface area (TPSA) is 49.5 Å². The Hall–Kier alpha value is -0.770. The molecule has 0 radical (unpaired) electrons. The normalized spacial score (nSPS) is 17.4. The Bertz CT molecular complexity index is 363. The lowest BCUT2D eigenvalue weighted by Crippen LogP contribution is -2.32. The molecule has 1 saturated heterocycles. The first-order valence-corrected chi connectivity index (χ1v) is 7.49. The number of likely N-dealkylation sites (tertiary alicyclic amines) is 1. The second kappa shape index (κ2) is 9.22. The van der Waals surface area contributed by atoms with Crippen molar-refractivity contribution in [1.82, 2.24) is 4.90 Å². The van der Waals surface area contributed by atoms with Crippen LogP contribution in [0.1, 0.15) is 37.7 Å². The number of nitrogens with zero attached hydrogens (tertiary/aromatic N) is 1. The monoisotopic (exact) mass is 298 g/mol. The van der Waals surface area contributed by atoms with Gasteiger partial charge in [-0.3, -0.25) is 0 Å². The molecule has 1 aromatic rings. The smallest absolute Gasteiger partial charge is 0.0555 e. The van der Waals surface area contributed by atoms with Crippen LogP contribution in [0, 0.1) is 0 Å². The molecule has 0 bridgehead atoms. The Labute approximate surface area is 128 Å². The fourth-order valence-corrected chi connectivity index (χ4v) is 2.68. The number of hydrogen-bond acceptors (Lipinski definition) is 3. The molecule has 0 aromatic heterocycles. The molecule has 2 rings (SSSR count). The van der Waals surface area contributed by atoms with Gasteiger partial charge in [0.1, 0.15) is 0 Å². The van der Waals surface area contributed by atoms with Crippen molar-refractivity contribution in [3.8, 4) is 0 Å². The third-order valence-corrected chi connectivity index (χ3v) is 3.97. The Morgan fingerprint density at radius 2 is 1.70 bits per heavy atom. The fourth-order valence-electron chi connectivity index (χ4n) is 2.68. The highest BCUT2D eigenvalue weighted by Gasteiger charge is 2.12. The quantitative estimate of drug-likeness (QED) is 0.794. The number of aryl methyl sites for hydroxylation is 1. The van der Waals surface area contributed by atoms with Crippen LogP contribution in [0.3, 0.4) is 0 Å². The lowest BCUT2D eigenvalue weighted by atomic mass is 10.0. The van der Waals surface area contributed by atoms with E-state index in [9.17, 15) is 5.11 Å². The van der Waals surface area contributed by atoms with E-state index in [1.165, 1.54) is 37.9 Å². The van der Waals surface area contributed by atoms with Gasteiger partial charge in [-0.25, -0.2) is 0 Å². The van der Waals surface area contributed by atoms with Gasteiger partial charge in [0, 0.05) is 12.2 Å². The SMILES string of the molecule is Cl.Nc1ccc(CCC(O)CCN2CCCCC2)cc1. The second-order valence-corrected chi connectivity index (χ2v) is 5.63. The summed E-state index contributed by atoms with van der Waals surface area (Å²) < 4.78 is 0. The van der Waals surface area contributed by atoms with Gasteiger partial charge in [-0.2, -0.15) is 0 Å². The predicted octanol–water partition coefficient (Wildman–Crippen LogP) is 2.86. The molecular formula is C16H27ClN2O. The van der Waals surface area contributed by atoms with Crippen LogP contribution in [-0.2, 0) is 6.42 Å². The largest absolute Gasteiger partial charge is 0.399 e. The van der Waals surface area contributed by atoms with Crippen LogP contribution in [0.5, 0.6) is 0 Å². The summed E-state index contributed by atoms with van der Waals surface area (Å²) in [6.07, 6.45) is 6.51. The number of nitrogen functional groups attached to an aromatic ring is 1. The number of benzene rings is 1. The van der Waals surface area contributed by atoms with E-state index in [2.05, 4.69) is 4.90 Å². The lowest BCUT2D eigenvalue weighted by molar-refractivity contribution is 0.126. The lowest BCUT2D eigenvalue weighted by Gasteiger charge is -2.27. The second-order valence-electron chi connectivity index (χ2n) is 5.63. The van der Waals surface area contributed by atoms with Crippen molar-refractivity contribution in [3.05, 3.63) is 29.8 Å². The van der Waals surface area contributed by atoms with Crippen LogP contribution >= 0.6 is 12.4 Å². The molecule has 1 unspecified atom stereocenters. The van der Waals surface area contributed by atoms with Gasteiger partial charge in [0.2, 0.25) is 0 Å². The number of nitrogens with two attached hydrogens (primary N) is 1. The predicted molar refractivity (Wildman–Crippen MR) is 87.3 cm³/mol. The van der Waals surface area contributed by atoms with Crippen molar-refractivity contribution >= 4 is 18.1 Å². The Morgan fingerprint density at radius 1 is 1.05 bits per heavy atom. The maximum Gasteiger partial charge on any atom is 0.0555 e. The maximum absolute atomic E-state index is 10.0. The summed E-state index contributed by atoms with van der Waals surface area (Å²) in [7, 11) is 0. The minimum Gasteiger partial charge on any atom is -0.399 e. The molecular weight excluding hydrogens is 272 g/mol. The highest BCUT2D eigenvalue weighted by molar-refractivity contribution is 5.85. The number of piperidine rings is 1. The van der Waals surface area contributed by atoms with Crippen molar-refractivity contribution < 1.29 is 5.11 Å². The van der Waals surface area contributed by atoms with Gasteiger partial charge in [0.05, 0.1) is 6.10 Å². The van der Waals surface area contributed by atoms with Crippen LogP contribution in [-0.4, -0.2) is 35.7 Å². The maximum atomic E-state index is 10.0. The number of rotatable bonds is 6. The van der Waals surface area contributed by atoms with Gasteiger partial charge in [-0.1, -0.05) is 18.6 Å². The zero-order valence-corrected chi connectivity index (χ0v) is 12.9. The van der Waals surface area contributed by atoms with Gasteiger partial charge in [-0.05, 0) is 62.9 Å². The van der Waals surface area contributed by atoms with Gasteiger partial charge in [0.15, 0.2) is 0 Å². The van der Waals surface area contributed by atoms with E-state index in [0.717, 1.165) is 31.5 Å². The van der Waals surface area contributed by atoms with Gasteiger partial charge in [-0.15, -0.1) is 12.4 Å². The van der Waals surface area contributed by atoms with Crippen LogP contribution in [0.2, 0.25) is 0 Å². The number of halogens is 1. The number of anilines is 1. The Morgan fingerprint density at radius 3 is 2.35 bits per heavy atom. The van der Waals surface area contributed by atoms with Crippen molar-refractivity contribution in [1.29, 1.82) is 0 Å². The van der Waals surface area contributed by atoms with Crippen molar-refractivity contribution in [3.63, 3.8) is 0 Å². The summed E-state index contributed by atoms with van der Waals surface area (Å²) in [6.45, 7) is 3.47. The number of hydrogen-bond donors (Lipinski definition) is 2. The van der Waals surface area contributed by atoms with Crippen LogP contribution in [0.25, 0.3) is 0 Å². The molecule has 3 nitrogen and oxygen atoms in total. The van der Waals surface area contributed by atoms with Crippen LogP contribution in [0.15, 0.2) is 24.3 Å². The first kappa shape index (κ1) is 17.3. The molecule has 0 aliphatic carbocycles. The van der Waals surface area contributed by atoms with E-state index in [4.69, 9.17) is 5.73 Å². The number of aliphatic hydroxyl groups is 1. The molecule has 0 amide bonds. The third-order valence-electron chi connectivity index (χ3n) is 3.97. The van der Waals surface area contributed by atoms with E-state index >= 15 is 0 Å². The molecule has 1 heterocycles. The van der Waals surface area contributed by atoms with E-state index in [1.54, 1.807) is 0 Å².